The third-order valence-electron chi connectivity index (χ3n) is 4.19. The standard InChI is InChI=1S/C19H22N2O3S2/c1-26(23,24)21-11-5-8-16-9-10-17(12-18(16)21)20-19(22)14-25-13-15-6-3-2-4-7-15/h2-4,6-7,9-10,12H,5,8,11,13-14H2,1H3,(H,20,22). The molecule has 0 spiro atoms. The molecule has 0 bridgehead atoms. The number of amides is 1. The molecule has 1 aliphatic rings. The SMILES string of the molecule is CS(=O)(=O)N1CCCc2ccc(NC(=O)CSCc3ccccc3)cc21. The van der Waals surface area contributed by atoms with Crippen molar-refractivity contribution >= 4 is 39.1 Å². The Morgan fingerprint density at radius 1 is 1.19 bits per heavy atom. The van der Waals surface area contributed by atoms with Crippen LogP contribution in [0.1, 0.15) is 17.5 Å². The van der Waals surface area contributed by atoms with Gasteiger partial charge in [0.25, 0.3) is 0 Å². The van der Waals surface area contributed by atoms with Crippen molar-refractivity contribution in [3.05, 3.63) is 59.7 Å². The first-order chi connectivity index (χ1) is 12.4. The van der Waals surface area contributed by atoms with Crippen molar-refractivity contribution in [2.24, 2.45) is 0 Å². The highest BCUT2D eigenvalue weighted by Gasteiger charge is 2.24. The number of aryl methyl sites for hydroxylation is 1. The summed E-state index contributed by atoms with van der Waals surface area (Å²) >= 11 is 1.55. The second-order valence-corrected chi connectivity index (χ2v) is 9.20. The van der Waals surface area contributed by atoms with Crippen LogP contribution in [0.3, 0.4) is 0 Å². The van der Waals surface area contributed by atoms with Crippen LogP contribution in [0.2, 0.25) is 0 Å². The zero-order valence-corrected chi connectivity index (χ0v) is 16.3. The molecule has 0 radical (unpaired) electrons. The van der Waals surface area contributed by atoms with Gasteiger partial charge in [-0.25, -0.2) is 8.42 Å². The van der Waals surface area contributed by atoms with Crippen molar-refractivity contribution in [2.75, 3.05) is 28.2 Å². The van der Waals surface area contributed by atoms with E-state index in [-0.39, 0.29) is 5.91 Å². The molecule has 5 nitrogen and oxygen atoms in total. The lowest BCUT2D eigenvalue weighted by Gasteiger charge is -2.29. The minimum atomic E-state index is -3.31. The molecule has 2 aromatic carbocycles. The van der Waals surface area contributed by atoms with Crippen LogP contribution in [0.15, 0.2) is 48.5 Å². The van der Waals surface area contributed by atoms with E-state index in [4.69, 9.17) is 0 Å². The number of hydrogen-bond acceptors (Lipinski definition) is 4. The molecular formula is C19H22N2O3S2. The first kappa shape index (κ1) is 18.8. The molecule has 0 fully saturated rings. The third-order valence-corrected chi connectivity index (χ3v) is 6.37. The van der Waals surface area contributed by atoms with Crippen LogP contribution in [-0.4, -0.2) is 32.9 Å². The number of carbonyl (C=O) groups is 1. The monoisotopic (exact) mass is 390 g/mol. The van der Waals surface area contributed by atoms with Crippen LogP contribution in [0, 0.1) is 0 Å². The molecule has 3 rings (SSSR count). The van der Waals surface area contributed by atoms with Crippen molar-refractivity contribution in [3.63, 3.8) is 0 Å². The maximum Gasteiger partial charge on any atom is 0.234 e. The van der Waals surface area contributed by atoms with Gasteiger partial charge in [0.15, 0.2) is 0 Å². The number of anilines is 2. The number of nitrogens with one attached hydrogen (secondary N) is 1. The fourth-order valence-electron chi connectivity index (χ4n) is 3.00. The summed E-state index contributed by atoms with van der Waals surface area (Å²) in [7, 11) is -3.31. The second-order valence-electron chi connectivity index (χ2n) is 6.31. The van der Waals surface area contributed by atoms with E-state index in [2.05, 4.69) is 5.32 Å². The Morgan fingerprint density at radius 2 is 1.96 bits per heavy atom. The van der Waals surface area contributed by atoms with Gasteiger partial charge in [-0.15, -0.1) is 11.8 Å². The quantitative estimate of drug-likeness (QED) is 0.822. The molecule has 2 aromatic rings. The Labute approximate surface area is 158 Å². The number of sulfonamides is 1. The highest BCUT2D eigenvalue weighted by Crippen LogP contribution is 2.31. The number of rotatable bonds is 6. The number of hydrogen-bond donors (Lipinski definition) is 1. The fraction of sp³-hybridized carbons (Fsp3) is 0.316. The normalized spacial score (nSPS) is 14.0. The van der Waals surface area contributed by atoms with Gasteiger partial charge >= 0.3 is 0 Å². The van der Waals surface area contributed by atoms with Gasteiger partial charge in [-0.1, -0.05) is 36.4 Å². The summed E-state index contributed by atoms with van der Waals surface area (Å²) in [6.07, 6.45) is 2.87. The number of thioether (sulfide) groups is 1. The van der Waals surface area contributed by atoms with Gasteiger partial charge in [0.2, 0.25) is 15.9 Å². The Bertz CT molecular complexity index is 883. The van der Waals surface area contributed by atoms with E-state index < -0.39 is 10.0 Å². The van der Waals surface area contributed by atoms with E-state index in [1.807, 2.05) is 42.5 Å². The molecule has 138 valence electrons. The maximum atomic E-state index is 12.2. The van der Waals surface area contributed by atoms with Gasteiger partial charge in [0.1, 0.15) is 0 Å². The molecule has 1 N–H and O–H groups in total. The molecule has 26 heavy (non-hydrogen) atoms. The van der Waals surface area contributed by atoms with Crippen LogP contribution >= 0.6 is 11.8 Å². The molecule has 0 atom stereocenters. The summed E-state index contributed by atoms with van der Waals surface area (Å²) in [5.74, 6) is 1.04. The van der Waals surface area contributed by atoms with Crippen molar-refractivity contribution in [2.45, 2.75) is 18.6 Å². The number of nitrogens with zero attached hydrogens (tertiary/aromatic N) is 1. The third kappa shape index (κ3) is 4.80. The minimum Gasteiger partial charge on any atom is -0.325 e. The van der Waals surface area contributed by atoms with Crippen molar-refractivity contribution in [3.8, 4) is 0 Å². The van der Waals surface area contributed by atoms with Gasteiger partial charge in [-0.3, -0.25) is 9.10 Å². The zero-order chi connectivity index (χ0) is 18.6. The first-order valence-electron chi connectivity index (χ1n) is 8.45. The van der Waals surface area contributed by atoms with E-state index in [1.54, 1.807) is 17.8 Å². The van der Waals surface area contributed by atoms with Gasteiger partial charge in [0.05, 0.1) is 17.7 Å². The predicted molar refractivity (Wildman–Crippen MR) is 108 cm³/mol. The van der Waals surface area contributed by atoms with E-state index in [0.29, 0.717) is 23.7 Å². The zero-order valence-electron chi connectivity index (χ0n) is 14.6. The second kappa shape index (κ2) is 8.14. The molecule has 0 unspecified atom stereocenters. The lowest BCUT2D eigenvalue weighted by Crippen LogP contribution is -2.34. The number of carbonyl (C=O) groups excluding carboxylic acids is 1. The molecule has 0 aromatic heterocycles. The average Bonchev–Trinajstić information content (AvgIpc) is 2.61. The predicted octanol–water partition coefficient (Wildman–Crippen LogP) is 3.27. The smallest absolute Gasteiger partial charge is 0.234 e. The van der Waals surface area contributed by atoms with Crippen LogP contribution in [0.4, 0.5) is 11.4 Å². The summed E-state index contributed by atoms with van der Waals surface area (Å²) in [4.78, 5) is 12.2. The van der Waals surface area contributed by atoms with Crippen molar-refractivity contribution < 1.29 is 13.2 Å². The molecule has 1 aliphatic heterocycles. The van der Waals surface area contributed by atoms with E-state index in [1.165, 1.54) is 16.1 Å². The van der Waals surface area contributed by atoms with E-state index >= 15 is 0 Å². The first-order valence-corrected chi connectivity index (χ1v) is 11.5. The summed E-state index contributed by atoms with van der Waals surface area (Å²) in [5.41, 5.74) is 3.49. The lowest BCUT2D eigenvalue weighted by atomic mass is 10.0. The molecule has 0 saturated carbocycles. The number of benzene rings is 2. The van der Waals surface area contributed by atoms with Gasteiger partial charge in [0, 0.05) is 18.0 Å². The van der Waals surface area contributed by atoms with Crippen molar-refractivity contribution in [1.82, 2.24) is 0 Å². The van der Waals surface area contributed by atoms with Crippen molar-refractivity contribution in [1.29, 1.82) is 0 Å². The summed E-state index contributed by atoms with van der Waals surface area (Å²) < 4.78 is 25.4. The molecule has 0 aliphatic carbocycles. The molecule has 0 saturated heterocycles. The van der Waals surface area contributed by atoms with Crippen LogP contribution in [0.5, 0.6) is 0 Å². The van der Waals surface area contributed by atoms with Crippen LogP contribution < -0.4 is 9.62 Å². The summed E-state index contributed by atoms with van der Waals surface area (Å²) in [6.45, 7) is 0.482. The highest BCUT2D eigenvalue weighted by molar-refractivity contribution is 7.99. The summed E-state index contributed by atoms with van der Waals surface area (Å²) in [5, 5.41) is 2.87. The topological polar surface area (TPSA) is 66.5 Å². The Morgan fingerprint density at radius 3 is 2.69 bits per heavy atom. The average molecular weight is 391 g/mol. The molecule has 1 heterocycles. The number of fused-ring (bicyclic) bond motifs is 1. The largest absolute Gasteiger partial charge is 0.325 e. The Hall–Kier alpha value is -1.99. The van der Waals surface area contributed by atoms with E-state index in [0.717, 1.165) is 24.2 Å². The Kier molecular flexibility index (Phi) is 5.88. The van der Waals surface area contributed by atoms with Crippen LogP contribution in [0.25, 0.3) is 0 Å². The highest BCUT2D eigenvalue weighted by atomic mass is 32.2. The molecule has 7 heteroatoms. The fourth-order valence-corrected chi connectivity index (χ4v) is 4.77. The van der Waals surface area contributed by atoms with Gasteiger partial charge in [-0.05, 0) is 36.1 Å². The minimum absolute atomic E-state index is 0.0902. The molecule has 1 amide bonds. The lowest BCUT2D eigenvalue weighted by molar-refractivity contribution is -0.113. The molecular weight excluding hydrogens is 368 g/mol. The Balaban J connectivity index is 1.62. The van der Waals surface area contributed by atoms with Gasteiger partial charge < -0.3 is 5.32 Å². The van der Waals surface area contributed by atoms with E-state index in [9.17, 15) is 13.2 Å². The summed E-state index contributed by atoms with van der Waals surface area (Å²) in [6, 6.07) is 15.5. The van der Waals surface area contributed by atoms with Crippen LogP contribution in [-0.2, 0) is 27.0 Å². The maximum absolute atomic E-state index is 12.2. The van der Waals surface area contributed by atoms with Gasteiger partial charge in [-0.2, -0.15) is 0 Å².